The van der Waals surface area contributed by atoms with Gasteiger partial charge >= 0.3 is 0 Å². The van der Waals surface area contributed by atoms with Gasteiger partial charge in [-0.2, -0.15) is 0 Å². The smallest absolute Gasteiger partial charge is 0.253 e. The molecule has 4 nitrogen and oxygen atoms in total. The third-order valence-electron chi connectivity index (χ3n) is 3.89. The highest BCUT2D eigenvalue weighted by atomic mass is 16.1. The number of pyridine rings is 1. The number of nitrogens with zero attached hydrogens (tertiary/aromatic N) is 1. The first-order valence-electron chi connectivity index (χ1n) is 6.56. The summed E-state index contributed by atoms with van der Waals surface area (Å²) in [5, 5.41) is 3.97. The molecule has 1 saturated carbocycles. The molecule has 1 aromatic carbocycles. The van der Waals surface area contributed by atoms with Gasteiger partial charge in [-0.3, -0.25) is 9.78 Å². The van der Waals surface area contributed by atoms with E-state index in [1.807, 2.05) is 30.3 Å². The van der Waals surface area contributed by atoms with Crippen LogP contribution in [0, 0.1) is 5.41 Å². The Bertz CT molecular complexity index is 614. The Hall–Kier alpha value is -1.94. The van der Waals surface area contributed by atoms with E-state index in [1.54, 1.807) is 6.20 Å². The topological polar surface area (TPSA) is 68.0 Å². The van der Waals surface area contributed by atoms with Gasteiger partial charge in [0.15, 0.2) is 0 Å². The molecule has 1 aliphatic rings. The second-order valence-electron chi connectivity index (χ2n) is 5.27. The maximum Gasteiger partial charge on any atom is 0.253 e. The molecule has 0 unspecified atom stereocenters. The second-order valence-corrected chi connectivity index (χ2v) is 5.27. The number of carbonyl (C=O) groups excluding carboxylic acids is 1. The summed E-state index contributed by atoms with van der Waals surface area (Å²) in [6, 6.07) is 9.49. The van der Waals surface area contributed by atoms with Crippen molar-refractivity contribution < 1.29 is 4.79 Å². The second kappa shape index (κ2) is 4.63. The Balaban J connectivity index is 1.82. The number of para-hydroxylation sites is 1. The predicted octanol–water partition coefficient (Wildman–Crippen LogP) is 1.70. The van der Waals surface area contributed by atoms with Crippen molar-refractivity contribution in [3.05, 3.63) is 42.1 Å². The number of amides is 1. The van der Waals surface area contributed by atoms with Crippen LogP contribution in [0.5, 0.6) is 0 Å². The van der Waals surface area contributed by atoms with E-state index in [1.165, 1.54) is 0 Å². The fourth-order valence-electron chi connectivity index (χ4n) is 2.28. The number of fused-ring (bicyclic) bond motifs is 1. The van der Waals surface area contributed by atoms with Crippen LogP contribution in [0.15, 0.2) is 36.5 Å². The van der Waals surface area contributed by atoms with E-state index in [9.17, 15) is 4.79 Å². The summed E-state index contributed by atoms with van der Waals surface area (Å²) >= 11 is 0. The summed E-state index contributed by atoms with van der Waals surface area (Å²) in [4.78, 5) is 16.6. The Labute approximate surface area is 112 Å². The number of nitrogens with one attached hydrogen (secondary N) is 1. The minimum Gasteiger partial charge on any atom is -0.351 e. The van der Waals surface area contributed by atoms with Crippen molar-refractivity contribution in [3.8, 4) is 0 Å². The summed E-state index contributed by atoms with van der Waals surface area (Å²) < 4.78 is 0. The van der Waals surface area contributed by atoms with Crippen molar-refractivity contribution in [2.75, 3.05) is 13.1 Å². The molecule has 0 saturated heterocycles. The van der Waals surface area contributed by atoms with E-state index >= 15 is 0 Å². The zero-order valence-corrected chi connectivity index (χ0v) is 10.7. The van der Waals surface area contributed by atoms with Crippen molar-refractivity contribution in [3.63, 3.8) is 0 Å². The van der Waals surface area contributed by atoms with E-state index in [0.717, 1.165) is 23.7 Å². The van der Waals surface area contributed by atoms with Gasteiger partial charge in [0.2, 0.25) is 0 Å². The molecule has 0 aliphatic heterocycles. The molecule has 1 amide bonds. The minimum atomic E-state index is -0.0657. The molecule has 2 aromatic rings. The van der Waals surface area contributed by atoms with Gasteiger partial charge in [0.05, 0.1) is 11.1 Å². The fourth-order valence-corrected chi connectivity index (χ4v) is 2.28. The number of hydrogen-bond donors (Lipinski definition) is 2. The van der Waals surface area contributed by atoms with Gasteiger partial charge in [0.25, 0.3) is 5.91 Å². The fraction of sp³-hybridized carbons (Fsp3) is 0.333. The molecule has 4 heteroatoms. The third kappa shape index (κ3) is 2.31. The Kier molecular flexibility index (Phi) is 2.95. The van der Waals surface area contributed by atoms with Crippen LogP contribution in [0.25, 0.3) is 10.9 Å². The van der Waals surface area contributed by atoms with Crippen LogP contribution in [0.3, 0.4) is 0 Å². The van der Waals surface area contributed by atoms with E-state index < -0.39 is 0 Å². The average Bonchev–Trinajstić information content (AvgIpc) is 3.25. The first kappa shape index (κ1) is 12.1. The SMILES string of the molecule is NCC1(CNC(=O)c2cccc3cccnc23)CC1. The molecule has 3 rings (SSSR count). The Morgan fingerprint density at radius 2 is 2.11 bits per heavy atom. The van der Waals surface area contributed by atoms with E-state index in [0.29, 0.717) is 18.7 Å². The number of rotatable bonds is 4. The summed E-state index contributed by atoms with van der Waals surface area (Å²) in [5.74, 6) is -0.0657. The van der Waals surface area contributed by atoms with E-state index in [-0.39, 0.29) is 11.3 Å². The molecule has 0 radical (unpaired) electrons. The van der Waals surface area contributed by atoms with Gasteiger partial charge in [-0.05, 0) is 31.5 Å². The lowest BCUT2D eigenvalue weighted by molar-refractivity contribution is 0.0947. The van der Waals surface area contributed by atoms with Crippen LogP contribution in [-0.4, -0.2) is 24.0 Å². The highest BCUT2D eigenvalue weighted by Crippen LogP contribution is 2.43. The normalized spacial score (nSPS) is 16.3. The summed E-state index contributed by atoms with van der Waals surface area (Å²) in [6.07, 6.45) is 3.93. The molecule has 0 bridgehead atoms. The lowest BCUT2D eigenvalue weighted by atomic mass is 10.1. The molecule has 0 spiro atoms. The van der Waals surface area contributed by atoms with Crippen LogP contribution in [-0.2, 0) is 0 Å². The van der Waals surface area contributed by atoms with Crippen molar-refractivity contribution in [2.45, 2.75) is 12.8 Å². The van der Waals surface area contributed by atoms with Gasteiger partial charge in [-0.1, -0.05) is 18.2 Å². The minimum absolute atomic E-state index is 0.0657. The van der Waals surface area contributed by atoms with Gasteiger partial charge in [-0.15, -0.1) is 0 Å². The Morgan fingerprint density at radius 1 is 1.32 bits per heavy atom. The first-order valence-corrected chi connectivity index (χ1v) is 6.56. The third-order valence-corrected chi connectivity index (χ3v) is 3.89. The van der Waals surface area contributed by atoms with Crippen molar-refractivity contribution in [1.29, 1.82) is 0 Å². The van der Waals surface area contributed by atoms with Crippen LogP contribution in [0.2, 0.25) is 0 Å². The van der Waals surface area contributed by atoms with Gasteiger partial charge < -0.3 is 11.1 Å². The first-order chi connectivity index (χ1) is 9.24. The van der Waals surface area contributed by atoms with Crippen molar-refractivity contribution >= 4 is 16.8 Å². The molecular weight excluding hydrogens is 238 g/mol. The zero-order valence-electron chi connectivity index (χ0n) is 10.7. The van der Waals surface area contributed by atoms with Gasteiger partial charge in [-0.25, -0.2) is 0 Å². The Morgan fingerprint density at radius 3 is 2.84 bits per heavy atom. The summed E-state index contributed by atoms with van der Waals surface area (Å²) in [7, 11) is 0. The lowest BCUT2D eigenvalue weighted by Crippen LogP contribution is -2.34. The van der Waals surface area contributed by atoms with E-state index in [2.05, 4.69) is 10.3 Å². The van der Waals surface area contributed by atoms with E-state index in [4.69, 9.17) is 5.73 Å². The van der Waals surface area contributed by atoms with Crippen LogP contribution in [0.4, 0.5) is 0 Å². The van der Waals surface area contributed by atoms with Crippen LogP contribution < -0.4 is 11.1 Å². The standard InChI is InChI=1S/C15H17N3O/c16-9-15(6-7-15)10-18-14(19)12-5-1-3-11-4-2-8-17-13(11)12/h1-5,8H,6-7,9-10,16H2,(H,18,19). The molecule has 1 heterocycles. The maximum atomic E-state index is 12.3. The zero-order chi connectivity index (χ0) is 13.3. The molecule has 1 aromatic heterocycles. The monoisotopic (exact) mass is 255 g/mol. The van der Waals surface area contributed by atoms with Crippen molar-refractivity contribution in [1.82, 2.24) is 10.3 Å². The van der Waals surface area contributed by atoms with Gasteiger partial charge in [0, 0.05) is 23.5 Å². The van der Waals surface area contributed by atoms with Crippen molar-refractivity contribution in [2.24, 2.45) is 11.1 Å². The molecule has 3 N–H and O–H groups in total. The number of carbonyl (C=O) groups is 1. The summed E-state index contributed by atoms with van der Waals surface area (Å²) in [6.45, 7) is 1.30. The predicted molar refractivity (Wildman–Crippen MR) is 74.8 cm³/mol. The molecule has 0 atom stereocenters. The number of aromatic nitrogens is 1. The maximum absolute atomic E-state index is 12.3. The molecule has 98 valence electrons. The summed E-state index contributed by atoms with van der Waals surface area (Å²) in [5.41, 5.74) is 7.25. The molecule has 1 fully saturated rings. The van der Waals surface area contributed by atoms with Crippen LogP contribution >= 0.6 is 0 Å². The number of benzene rings is 1. The highest BCUT2D eigenvalue weighted by molar-refractivity contribution is 6.05. The largest absolute Gasteiger partial charge is 0.351 e. The average molecular weight is 255 g/mol. The number of hydrogen-bond acceptors (Lipinski definition) is 3. The van der Waals surface area contributed by atoms with Crippen LogP contribution in [0.1, 0.15) is 23.2 Å². The molecule has 1 aliphatic carbocycles. The van der Waals surface area contributed by atoms with Gasteiger partial charge in [0.1, 0.15) is 0 Å². The highest BCUT2D eigenvalue weighted by Gasteiger charge is 2.41. The molecule has 19 heavy (non-hydrogen) atoms. The quantitative estimate of drug-likeness (QED) is 0.873. The molecular formula is C15H17N3O. The number of nitrogens with two attached hydrogens (primary N) is 1. The lowest BCUT2D eigenvalue weighted by Gasteiger charge is -2.13.